The molecule has 3 aromatic rings. The number of carbonyl (C=O) groups excluding carboxylic acids is 3. The Morgan fingerprint density at radius 1 is 1.20 bits per heavy atom. The van der Waals surface area contributed by atoms with Crippen LogP contribution in [0.15, 0.2) is 34.2 Å². The Balaban J connectivity index is 1.35. The topological polar surface area (TPSA) is 131 Å². The van der Waals surface area contributed by atoms with Gasteiger partial charge < -0.3 is 5.32 Å². The summed E-state index contributed by atoms with van der Waals surface area (Å²) in [5.74, 6) is -0.101. The number of carbonyl (C=O) groups is 3. The van der Waals surface area contributed by atoms with E-state index in [4.69, 9.17) is 0 Å². The fraction of sp³-hybridized carbons (Fsp3) is 0.478. The van der Waals surface area contributed by atoms with E-state index in [1.165, 1.54) is 0 Å². The van der Waals surface area contributed by atoms with E-state index in [-0.39, 0.29) is 11.3 Å². The number of aromatic nitrogens is 4. The van der Waals surface area contributed by atoms with Gasteiger partial charge in [-0.05, 0) is 50.2 Å². The normalized spacial score (nSPS) is 22.3. The second-order valence-electron chi connectivity index (χ2n) is 9.25. The number of urea groups is 1. The quantitative estimate of drug-likeness (QED) is 0.394. The lowest BCUT2D eigenvalue weighted by atomic mass is 9.77. The van der Waals surface area contributed by atoms with Crippen molar-refractivity contribution < 1.29 is 14.4 Å². The van der Waals surface area contributed by atoms with Crippen LogP contribution in [-0.4, -0.2) is 53.3 Å². The number of hydrogen-bond donors (Lipinski definition) is 2. The average Bonchev–Trinajstić information content (AvgIpc) is 3.37. The SMILES string of the molecule is CCCn1c(=O)c2ccccc2n2c(SCC(=O)NN3C(=O)NC4(CCC(C)CC4)C3=O)nnc12. The summed E-state index contributed by atoms with van der Waals surface area (Å²) in [5.41, 5.74) is 2.04. The number of rotatable bonds is 6. The van der Waals surface area contributed by atoms with Gasteiger partial charge in [-0.15, -0.1) is 10.2 Å². The molecule has 0 atom stereocenters. The molecule has 4 amide bonds. The molecular formula is C23H27N7O4S. The summed E-state index contributed by atoms with van der Waals surface area (Å²) in [7, 11) is 0. The monoisotopic (exact) mass is 497 g/mol. The molecule has 2 aromatic heterocycles. The number of fused-ring (bicyclic) bond motifs is 3. The van der Waals surface area contributed by atoms with Gasteiger partial charge >= 0.3 is 6.03 Å². The lowest BCUT2D eigenvalue weighted by molar-refractivity contribution is -0.139. The van der Waals surface area contributed by atoms with Crippen molar-refractivity contribution >= 4 is 46.3 Å². The molecule has 5 rings (SSSR count). The minimum absolute atomic E-state index is 0.0941. The maximum absolute atomic E-state index is 13.0. The summed E-state index contributed by atoms with van der Waals surface area (Å²) in [5, 5.41) is 13.0. The van der Waals surface area contributed by atoms with Crippen molar-refractivity contribution in [2.45, 2.75) is 63.2 Å². The first-order chi connectivity index (χ1) is 16.8. The molecule has 12 heteroatoms. The zero-order valence-electron chi connectivity index (χ0n) is 19.6. The van der Waals surface area contributed by atoms with E-state index >= 15 is 0 Å². The molecule has 11 nitrogen and oxygen atoms in total. The summed E-state index contributed by atoms with van der Waals surface area (Å²) in [6.07, 6.45) is 3.58. The maximum Gasteiger partial charge on any atom is 0.344 e. The second kappa shape index (κ2) is 8.99. The first-order valence-corrected chi connectivity index (χ1v) is 12.8. The third-order valence-electron chi connectivity index (χ3n) is 6.78. The van der Waals surface area contributed by atoms with Crippen molar-refractivity contribution in [1.82, 2.24) is 34.9 Å². The molecule has 2 fully saturated rings. The Bertz CT molecular complexity index is 1390. The van der Waals surface area contributed by atoms with Gasteiger partial charge in [-0.25, -0.2) is 4.79 Å². The highest BCUT2D eigenvalue weighted by molar-refractivity contribution is 7.99. The van der Waals surface area contributed by atoms with Crippen molar-refractivity contribution in [3.8, 4) is 0 Å². The van der Waals surface area contributed by atoms with Crippen LogP contribution < -0.4 is 16.3 Å². The van der Waals surface area contributed by atoms with Gasteiger partial charge in [0.2, 0.25) is 11.7 Å². The first kappa shape index (κ1) is 23.3. The summed E-state index contributed by atoms with van der Waals surface area (Å²) < 4.78 is 3.34. The van der Waals surface area contributed by atoms with E-state index in [0.29, 0.717) is 47.1 Å². The Hall–Kier alpha value is -3.41. The number of thioether (sulfide) groups is 1. The maximum atomic E-state index is 13.0. The van der Waals surface area contributed by atoms with E-state index in [2.05, 4.69) is 27.9 Å². The van der Waals surface area contributed by atoms with Crippen LogP contribution >= 0.6 is 11.8 Å². The molecule has 0 bridgehead atoms. The third-order valence-corrected chi connectivity index (χ3v) is 7.71. The number of hydrazine groups is 1. The van der Waals surface area contributed by atoms with Crippen LogP contribution in [0.3, 0.4) is 0 Å². The van der Waals surface area contributed by atoms with Gasteiger partial charge in [-0.1, -0.05) is 37.7 Å². The number of hydrogen-bond acceptors (Lipinski definition) is 7. The number of imide groups is 1. The Labute approximate surface area is 205 Å². The Morgan fingerprint density at radius 3 is 2.69 bits per heavy atom. The Kier molecular flexibility index (Phi) is 5.99. The molecule has 1 saturated heterocycles. The van der Waals surface area contributed by atoms with Crippen LogP contribution in [-0.2, 0) is 16.1 Å². The highest BCUT2D eigenvalue weighted by Gasteiger charge is 2.52. The number of nitrogens with zero attached hydrogens (tertiary/aromatic N) is 5. The Morgan fingerprint density at radius 2 is 1.94 bits per heavy atom. The van der Waals surface area contributed by atoms with Crippen molar-refractivity contribution in [3.63, 3.8) is 0 Å². The largest absolute Gasteiger partial charge is 0.344 e. The van der Waals surface area contributed by atoms with Crippen molar-refractivity contribution in [1.29, 1.82) is 0 Å². The van der Waals surface area contributed by atoms with E-state index in [9.17, 15) is 19.2 Å². The van der Waals surface area contributed by atoms with Crippen molar-refractivity contribution in [2.75, 3.05) is 5.75 Å². The van der Waals surface area contributed by atoms with Crippen LogP contribution in [0.25, 0.3) is 16.7 Å². The summed E-state index contributed by atoms with van der Waals surface area (Å²) >= 11 is 1.12. The number of amides is 4. The van der Waals surface area contributed by atoms with Gasteiger partial charge in [0.15, 0.2) is 5.16 Å². The van der Waals surface area contributed by atoms with E-state index in [0.717, 1.165) is 36.0 Å². The van der Waals surface area contributed by atoms with E-state index < -0.39 is 23.4 Å². The summed E-state index contributed by atoms with van der Waals surface area (Å²) in [6, 6.07) is 6.58. The van der Waals surface area contributed by atoms with E-state index in [1.807, 2.05) is 19.1 Å². The van der Waals surface area contributed by atoms with Crippen molar-refractivity contribution in [2.24, 2.45) is 5.92 Å². The molecule has 1 aliphatic heterocycles. The highest BCUT2D eigenvalue weighted by atomic mass is 32.2. The molecule has 1 saturated carbocycles. The molecule has 1 spiro atoms. The number of aryl methyl sites for hydroxylation is 1. The molecule has 1 aliphatic carbocycles. The molecule has 0 unspecified atom stereocenters. The smallest absolute Gasteiger partial charge is 0.322 e. The minimum Gasteiger partial charge on any atom is -0.322 e. The van der Waals surface area contributed by atoms with Crippen LogP contribution in [0.2, 0.25) is 0 Å². The number of benzene rings is 1. The van der Waals surface area contributed by atoms with Crippen LogP contribution in [0, 0.1) is 5.92 Å². The van der Waals surface area contributed by atoms with Gasteiger partial charge in [-0.2, -0.15) is 5.01 Å². The number of para-hydroxylation sites is 1. The molecule has 2 aliphatic rings. The van der Waals surface area contributed by atoms with Crippen LogP contribution in [0.5, 0.6) is 0 Å². The second-order valence-corrected chi connectivity index (χ2v) is 10.2. The molecule has 3 heterocycles. The summed E-state index contributed by atoms with van der Waals surface area (Å²) in [4.78, 5) is 51.1. The fourth-order valence-electron chi connectivity index (χ4n) is 4.85. The minimum atomic E-state index is -0.922. The van der Waals surface area contributed by atoms with Gasteiger partial charge in [0.05, 0.1) is 16.7 Å². The van der Waals surface area contributed by atoms with Gasteiger partial charge in [0, 0.05) is 6.54 Å². The van der Waals surface area contributed by atoms with Crippen LogP contribution in [0.4, 0.5) is 4.79 Å². The zero-order valence-corrected chi connectivity index (χ0v) is 20.4. The van der Waals surface area contributed by atoms with Gasteiger partial charge in [-0.3, -0.25) is 28.8 Å². The third kappa shape index (κ3) is 3.95. The molecule has 2 N–H and O–H groups in total. The van der Waals surface area contributed by atoms with Crippen molar-refractivity contribution in [3.05, 3.63) is 34.6 Å². The van der Waals surface area contributed by atoms with Gasteiger partial charge in [0.25, 0.3) is 11.5 Å². The standard InChI is InChI=1S/C23H27N7O4S/c1-3-12-28-18(32)15-6-4-5-7-16(15)29-20(28)25-26-22(29)35-13-17(31)27-30-19(33)23(24-21(30)34)10-8-14(2)9-11-23/h4-7,14H,3,8-13H2,1-2H3,(H,24,34)(H,27,31). The predicted octanol–water partition coefficient (Wildman–Crippen LogP) is 2.08. The van der Waals surface area contributed by atoms with Crippen LogP contribution in [0.1, 0.15) is 46.0 Å². The average molecular weight is 498 g/mol. The van der Waals surface area contributed by atoms with E-state index in [1.54, 1.807) is 21.1 Å². The first-order valence-electron chi connectivity index (χ1n) is 11.8. The lowest BCUT2D eigenvalue weighted by Crippen LogP contribution is -2.51. The zero-order chi connectivity index (χ0) is 24.7. The predicted molar refractivity (Wildman–Crippen MR) is 130 cm³/mol. The molecular weight excluding hydrogens is 470 g/mol. The molecule has 184 valence electrons. The summed E-state index contributed by atoms with van der Waals surface area (Å²) in [6.45, 7) is 4.59. The molecule has 1 aromatic carbocycles. The highest BCUT2D eigenvalue weighted by Crippen LogP contribution is 2.35. The fourth-order valence-corrected chi connectivity index (χ4v) is 5.59. The number of nitrogens with one attached hydrogen (secondary N) is 2. The molecule has 35 heavy (non-hydrogen) atoms. The lowest BCUT2D eigenvalue weighted by Gasteiger charge is -2.33. The molecule has 0 radical (unpaired) electrons. The van der Waals surface area contributed by atoms with Gasteiger partial charge in [0.1, 0.15) is 5.54 Å².